The molecule has 1 aromatic carbocycles. The van der Waals surface area contributed by atoms with Gasteiger partial charge in [-0.05, 0) is 17.7 Å². The Bertz CT molecular complexity index is 457. The summed E-state index contributed by atoms with van der Waals surface area (Å²) in [4.78, 5) is 24.0. The highest BCUT2D eigenvalue weighted by Crippen LogP contribution is 2.18. The van der Waals surface area contributed by atoms with E-state index in [9.17, 15) is 14.7 Å². The van der Waals surface area contributed by atoms with Crippen LogP contribution in [0.3, 0.4) is 0 Å². The van der Waals surface area contributed by atoms with Crippen LogP contribution in [0, 0.1) is 0 Å². The van der Waals surface area contributed by atoms with Crippen LogP contribution in [0.1, 0.15) is 18.5 Å². The molecule has 0 aliphatic heterocycles. The molecule has 110 valence electrons. The highest BCUT2D eigenvalue weighted by molar-refractivity contribution is 5.76. The monoisotopic (exact) mass is 279 g/mol. The standard InChI is InChI=1S/C14H21N3O3/c1-10(18)15-8-9-16-13(14(19)20)11-4-6-12(7-5-11)17(2)3/h4-7,13,16H,8-9H2,1-3H3,(H,15,18)(H,19,20). The number of carboxylic acids is 1. The highest BCUT2D eigenvalue weighted by Gasteiger charge is 2.18. The Balaban J connectivity index is 2.66. The van der Waals surface area contributed by atoms with Gasteiger partial charge in [0.25, 0.3) is 0 Å². The molecule has 3 N–H and O–H groups in total. The minimum atomic E-state index is -0.939. The van der Waals surface area contributed by atoms with Gasteiger partial charge in [-0.3, -0.25) is 14.9 Å². The van der Waals surface area contributed by atoms with Gasteiger partial charge in [-0.2, -0.15) is 0 Å². The highest BCUT2D eigenvalue weighted by atomic mass is 16.4. The third-order valence-electron chi connectivity index (χ3n) is 2.84. The quantitative estimate of drug-likeness (QED) is 0.637. The van der Waals surface area contributed by atoms with Crippen LogP contribution in [-0.2, 0) is 9.59 Å². The number of anilines is 1. The van der Waals surface area contributed by atoms with Crippen LogP contribution in [0.2, 0.25) is 0 Å². The topological polar surface area (TPSA) is 81.7 Å². The first-order chi connectivity index (χ1) is 9.41. The maximum Gasteiger partial charge on any atom is 0.325 e. The van der Waals surface area contributed by atoms with E-state index in [2.05, 4.69) is 10.6 Å². The molecule has 1 aromatic rings. The lowest BCUT2D eigenvalue weighted by molar-refractivity contribution is -0.139. The second-order valence-corrected chi connectivity index (χ2v) is 4.69. The Labute approximate surface area is 118 Å². The van der Waals surface area contributed by atoms with Crippen LogP contribution < -0.4 is 15.5 Å². The predicted molar refractivity (Wildman–Crippen MR) is 77.8 cm³/mol. The van der Waals surface area contributed by atoms with Crippen molar-refractivity contribution >= 4 is 17.6 Å². The number of carbonyl (C=O) groups is 2. The zero-order chi connectivity index (χ0) is 15.1. The first-order valence-corrected chi connectivity index (χ1v) is 6.39. The van der Waals surface area contributed by atoms with Gasteiger partial charge in [-0.15, -0.1) is 0 Å². The van der Waals surface area contributed by atoms with Gasteiger partial charge in [0.05, 0.1) is 0 Å². The van der Waals surface area contributed by atoms with Gasteiger partial charge < -0.3 is 15.3 Å². The number of hydrogen-bond donors (Lipinski definition) is 3. The zero-order valence-electron chi connectivity index (χ0n) is 12.0. The Morgan fingerprint density at radius 3 is 2.25 bits per heavy atom. The normalized spacial score (nSPS) is 11.8. The molecule has 0 aliphatic carbocycles. The van der Waals surface area contributed by atoms with Gasteiger partial charge in [0.15, 0.2) is 0 Å². The van der Waals surface area contributed by atoms with E-state index in [0.717, 1.165) is 5.69 Å². The van der Waals surface area contributed by atoms with Gasteiger partial charge in [0, 0.05) is 39.8 Å². The zero-order valence-corrected chi connectivity index (χ0v) is 12.0. The molecular weight excluding hydrogens is 258 g/mol. The molecule has 0 aromatic heterocycles. The van der Waals surface area contributed by atoms with Crippen LogP contribution in [0.25, 0.3) is 0 Å². The van der Waals surface area contributed by atoms with E-state index in [0.29, 0.717) is 18.7 Å². The fraction of sp³-hybridized carbons (Fsp3) is 0.429. The van der Waals surface area contributed by atoms with Crippen molar-refractivity contribution in [3.8, 4) is 0 Å². The number of rotatable bonds is 7. The van der Waals surface area contributed by atoms with Crippen molar-refractivity contribution in [2.24, 2.45) is 0 Å². The number of nitrogens with zero attached hydrogens (tertiary/aromatic N) is 1. The molecule has 6 nitrogen and oxygen atoms in total. The van der Waals surface area contributed by atoms with Gasteiger partial charge in [0.1, 0.15) is 6.04 Å². The lowest BCUT2D eigenvalue weighted by Crippen LogP contribution is -2.35. The SMILES string of the molecule is CC(=O)NCCNC(C(=O)O)c1ccc(N(C)C)cc1. The third-order valence-corrected chi connectivity index (χ3v) is 2.84. The molecular formula is C14H21N3O3. The van der Waals surface area contributed by atoms with Crippen molar-refractivity contribution in [2.45, 2.75) is 13.0 Å². The van der Waals surface area contributed by atoms with E-state index < -0.39 is 12.0 Å². The van der Waals surface area contributed by atoms with Crippen molar-refractivity contribution < 1.29 is 14.7 Å². The maximum absolute atomic E-state index is 11.3. The maximum atomic E-state index is 11.3. The van der Waals surface area contributed by atoms with Gasteiger partial charge in [0.2, 0.25) is 5.91 Å². The second-order valence-electron chi connectivity index (χ2n) is 4.69. The van der Waals surface area contributed by atoms with Crippen molar-refractivity contribution in [3.05, 3.63) is 29.8 Å². The van der Waals surface area contributed by atoms with Crippen LogP contribution in [0.5, 0.6) is 0 Å². The molecule has 0 saturated carbocycles. The molecule has 0 fully saturated rings. The molecule has 0 heterocycles. The van der Waals surface area contributed by atoms with Gasteiger partial charge in [-0.1, -0.05) is 12.1 Å². The summed E-state index contributed by atoms with van der Waals surface area (Å²) in [7, 11) is 3.85. The summed E-state index contributed by atoms with van der Waals surface area (Å²) < 4.78 is 0. The Morgan fingerprint density at radius 2 is 1.80 bits per heavy atom. The summed E-state index contributed by atoms with van der Waals surface area (Å²) in [6.45, 7) is 2.22. The van der Waals surface area contributed by atoms with Crippen LogP contribution >= 0.6 is 0 Å². The number of carboxylic acid groups (broad SMARTS) is 1. The summed E-state index contributed by atoms with van der Waals surface area (Å²) in [5.41, 5.74) is 1.70. The van der Waals surface area contributed by atoms with E-state index >= 15 is 0 Å². The molecule has 0 radical (unpaired) electrons. The summed E-state index contributed by atoms with van der Waals surface area (Å²) in [6, 6.07) is 6.56. The van der Waals surface area contributed by atoms with E-state index in [1.165, 1.54) is 6.92 Å². The number of carbonyl (C=O) groups excluding carboxylic acids is 1. The number of nitrogens with one attached hydrogen (secondary N) is 2. The summed E-state index contributed by atoms with van der Waals surface area (Å²) in [6.07, 6.45) is 0. The van der Waals surface area contributed by atoms with E-state index in [4.69, 9.17) is 0 Å². The molecule has 1 amide bonds. The summed E-state index contributed by atoms with van der Waals surface area (Å²) in [5, 5.41) is 14.8. The fourth-order valence-electron chi connectivity index (χ4n) is 1.77. The van der Waals surface area contributed by atoms with E-state index in [-0.39, 0.29) is 5.91 Å². The smallest absolute Gasteiger partial charge is 0.325 e. The molecule has 0 saturated heterocycles. The van der Waals surface area contributed by atoms with Crippen molar-refractivity contribution in [2.75, 3.05) is 32.1 Å². The Kier molecular flexibility index (Phi) is 5.99. The first-order valence-electron chi connectivity index (χ1n) is 6.39. The minimum Gasteiger partial charge on any atom is -0.480 e. The molecule has 0 bridgehead atoms. The average Bonchev–Trinajstić information content (AvgIpc) is 2.38. The largest absolute Gasteiger partial charge is 0.480 e. The number of amides is 1. The van der Waals surface area contributed by atoms with Crippen LogP contribution in [0.15, 0.2) is 24.3 Å². The molecule has 1 rings (SSSR count). The Morgan fingerprint density at radius 1 is 1.20 bits per heavy atom. The van der Waals surface area contributed by atoms with Gasteiger partial charge in [-0.25, -0.2) is 0 Å². The van der Waals surface area contributed by atoms with Gasteiger partial charge >= 0.3 is 5.97 Å². The van der Waals surface area contributed by atoms with Crippen molar-refractivity contribution in [3.63, 3.8) is 0 Å². The number of benzene rings is 1. The van der Waals surface area contributed by atoms with E-state index in [1.807, 2.05) is 31.1 Å². The number of aliphatic carboxylic acids is 1. The predicted octanol–water partition coefficient (Wildman–Crippen LogP) is 0.604. The minimum absolute atomic E-state index is 0.131. The lowest BCUT2D eigenvalue weighted by atomic mass is 10.1. The van der Waals surface area contributed by atoms with Crippen LogP contribution in [0.4, 0.5) is 5.69 Å². The Hall–Kier alpha value is -2.08. The summed E-state index contributed by atoms with van der Waals surface area (Å²) >= 11 is 0. The fourth-order valence-corrected chi connectivity index (χ4v) is 1.77. The molecule has 1 unspecified atom stereocenters. The molecule has 20 heavy (non-hydrogen) atoms. The lowest BCUT2D eigenvalue weighted by Gasteiger charge is -2.17. The first kappa shape index (κ1) is 16.0. The second kappa shape index (κ2) is 7.49. The van der Waals surface area contributed by atoms with E-state index in [1.54, 1.807) is 12.1 Å². The summed E-state index contributed by atoms with van der Waals surface area (Å²) in [5.74, 6) is -1.07. The number of hydrogen-bond acceptors (Lipinski definition) is 4. The van der Waals surface area contributed by atoms with Crippen molar-refractivity contribution in [1.82, 2.24) is 10.6 Å². The van der Waals surface area contributed by atoms with Crippen molar-refractivity contribution in [1.29, 1.82) is 0 Å². The third kappa shape index (κ3) is 4.89. The molecule has 1 atom stereocenters. The molecule has 0 aliphatic rings. The molecule has 0 spiro atoms. The average molecular weight is 279 g/mol. The van der Waals surface area contributed by atoms with Crippen LogP contribution in [-0.4, -0.2) is 44.2 Å². The molecule has 6 heteroatoms.